The van der Waals surface area contributed by atoms with Crippen molar-refractivity contribution in [1.29, 1.82) is 0 Å². The third-order valence-electron chi connectivity index (χ3n) is 3.19. The van der Waals surface area contributed by atoms with Crippen LogP contribution in [0.3, 0.4) is 0 Å². The van der Waals surface area contributed by atoms with Gasteiger partial charge in [-0.2, -0.15) is 10.2 Å². The Balaban J connectivity index is 2.10. The number of carbonyl (C=O) groups excluding carboxylic acids is 2. The third-order valence-corrected chi connectivity index (χ3v) is 3.19. The van der Waals surface area contributed by atoms with Crippen molar-refractivity contribution in [2.75, 3.05) is 12.4 Å². The van der Waals surface area contributed by atoms with E-state index < -0.39 is 0 Å². The van der Waals surface area contributed by atoms with E-state index in [1.54, 1.807) is 27.8 Å². The van der Waals surface area contributed by atoms with Gasteiger partial charge in [-0.25, -0.2) is 0 Å². The molecule has 2 N–H and O–H groups in total. The largest absolute Gasteiger partial charge is 0.354 e. The average molecular weight is 316 g/mol. The van der Waals surface area contributed by atoms with Crippen LogP contribution in [-0.2, 0) is 17.9 Å². The molecule has 0 radical (unpaired) electrons. The number of nitrogens with zero attached hydrogens (tertiary/aromatic N) is 4. The summed E-state index contributed by atoms with van der Waals surface area (Å²) in [5.74, 6) is -0.684. The van der Waals surface area contributed by atoms with Crippen LogP contribution >= 0.6 is 0 Å². The lowest BCUT2D eigenvalue weighted by atomic mass is 10.3. The number of rotatable bonds is 6. The summed E-state index contributed by atoms with van der Waals surface area (Å²) in [5, 5.41) is 13.4. The molecule has 2 heterocycles. The van der Waals surface area contributed by atoms with Crippen molar-refractivity contribution >= 4 is 23.6 Å². The van der Waals surface area contributed by atoms with Gasteiger partial charge in [-0.15, -0.1) is 0 Å². The van der Waals surface area contributed by atoms with Crippen molar-refractivity contribution in [3.63, 3.8) is 0 Å². The Morgan fingerprint density at radius 1 is 1.22 bits per heavy atom. The standard InChI is InChI=1S/C15H20N6O2/c1-4-20-9-11(8-17-20)6-7-13(22)18-12-10-21(5-2)19-14(12)15(23)16-3/h6-10H,4-5H2,1-3H3,(H,16,23)(H,18,22)/b7-6+. The van der Waals surface area contributed by atoms with Gasteiger partial charge in [0, 0.05) is 44.2 Å². The van der Waals surface area contributed by atoms with Gasteiger partial charge in [0.15, 0.2) is 5.69 Å². The molecule has 0 atom stereocenters. The molecular formula is C15H20N6O2. The highest BCUT2D eigenvalue weighted by Crippen LogP contribution is 2.14. The molecule has 0 aromatic carbocycles. The van der Waals surface area contributed by atoms with Crippen LogP contribution < -0.4 is 10.6 Å². The van der Waals surface area contributed by atoms with Gasteiger partial charge in [-0.05, 0) is 19.9 Å². The lowest BCUT2D eigenvalue weighted by Crippen LogP contribution is -2.21. The summed E-state index contributed by atoms with van der Waals surface area (Å²) in [6.45, 7) is 5.26. The maximum absolute atomic E-state index is 12.0. The molecule has 0 saturated carbocycles. The summed E-state index contributed by atoms with van der Waals surface area (Å²) in [4.78, 5) is 23.8. The molecule has 8 nitrogen and oxygen atoms in total. The highest BCUT2D eigenvalue weighted by atomic mass is 16.2. The highest BCUT2D eigenvalue weighted by Gasteiger charge is 2.16. The minimum Gasteiger partial charge on any atom is -0.354 e. The van der Waals surface area contributed by atoms with Gasteiger partial charge in [0.1, 0.15) is 0 Å². The Labute approximate surface area is 134 Å². The summed E-state index contributed by atoms with van der Waals surface area (Å²) in [7, 11) is 1.52. The van der Waals surface area contributed by atoms with Gasteiger partial charge in [-0.1, -0.05) is 0 Å². The Morgan fingerprint density at radius 3 is 2.57 bits per heavy atom. The molecular weight excluding hydrogens is 296 g/mol. The lowest BCUT2D eigenvalue weighted by molar-refractivity contribution is -0.111. The Hall–Kier alpha value is -2.90. The Morgan fingerprint density at radius 2 is 1.96 bits per heavy atom. The van der Waals surface area contributed by atoms with E-state index in [9.17, 15) is 9.59 Å². The predicted molar refractivity (Wildman–Crippen MR) is 86.9 cm³/mol. The van der Waals surface area contributed by atoms with Crippen LogP contribution in [0.2, 0.25) is 0 Å². The Bertz CT molecular complexity index is 728. The van der Waals surface area contributed by atoms with E-state index in [0.717, 1.165) is 12.1 Å². The predicted octanol–water partition coefficient (Wildman–Crippen LogP) is 1.13. The third kappa shape index (κ3) is 4.06. The zero-order valence-electron chi connectivity index (χ0n) is 13.4. The summed E-state index contributed by atoms with van der Waals surface area (Å²) in [6.07, 6.45) is 8.21. The maximum Gasteiger partial charge on any atom is 0.273 e. The molecule has 2 aromatic heterocycles. The SMILES string of the molecule is CCn1cc(/C=C/C(=O)Nc2cn(CC)nc2C(=O)NC)cn1. The number of nitrogens with one attached hydrogen (secondary N) is 2. The van der Waals surface area contributed by atoms with Crippen LogP contribution in [0.1, 0.15) is 29.9 Å². The second-order valence-electron chi connectivity index (χ2n) is 4.78. The van der Waals surface area contributed by atoms with Crippen LogP contribution in [0.15, 0.2) is 24.7 Å². The van der Waals surface area contributed by atoms with Crippen molar-refractivity contribution < 1.29 is 9.59 Å². The molecule has 2 amide bonds. The second kappa shape index (κ2) is 7.39. The van der Waals surface area contributed by atoms with Crippen LogP contribution in [0, 0.1) is 0 Å². The fourth-order valence-electron chi connectivity index (χ4n) is 1.95. The summed E-state index contributed by atoms with van der Waals surface area (Å²) in [5.41, 5.74) is 1.40. The first-order valence-corrected chi connectivity index (χ1v) is 7.38. The van der Waals surface area contributed by atoms with E-state index in [1.165, 1.54) is 13.1 Å². The number of hydrogen-bond acceptors (Lipinski definition) is 4. The van der Waals surface area contributed by atoms with Gasteiger partial charge < -0.3 is 10.6 Å². The quantitative estimate of drug-likeness (QED) is 0.781. The first kappa shape index (κ1) is 16.5. The van der Waals surface area contributed by atoms with Crippen molar-refractivity contribution in [2.45, 2.75) is 26.9 Å². The molecule has 0 saturated heterocycles. The van der Waals surface area contributed by atoms with Crippen LogP contribution in [0.5, 0.6) is 0 Å². The zero-order chi connectivity index (χ0) is 16.8. The highest BCUT2D eigenvalue weighted by molar-refractivity contribution is 6.06. The summed E-state index contributed by atoms with van der Waals surface area (Å²) < 4.78 is 3.36. The molecule has 2 rings (SSSR count). The van der Waals surface area contributed by atoms with E-state index in [0.29, 0.717) is 12.2 Å². The van der Waals surface area contributed by atoms with Crippen LogP contribution in [-0.4, -0.2) is 38.4 Å². The molecule has 0 bridgehead atoms. The van der Waals surface area contributed by atoms with Crippen molar-refractivity contribution in [3.05, 3.63) is 35.9 Å². The number of amides is 2. The molecule has 0 fully saturated rings. The summed E-state index contributed by atoms with van der Waals surface area (Å²) >= 11 is 0. The van der Waals surface area contributed by atoms with Gasteiger partial charge in [-0.3, -0.25) is 19.0 Å². The number of anilines is 1. The monoisotopic (exact) mass is 316 g/mol. The number of aryl methyl sites for hydroxylation is 2. The molecule has 0 aliphatic carbocycles. The zero-order valence-corrected chi connectivity index (χ0v) is 13.4. The molecule has 0 aliphatic rings. The van der Waals surface area contributed by atoms with Crippen molar-refractivity contribution in [3.8, 4) is 0 Å². The topological polar surface area (TPSA) is 93.8 Å². The first-order chi connectivity index (χ1) is 11.1. The molecule has 23 heavy (non-hydrogen) atoms. The average Bonchev–Trinajstić information content (AvgIpc) is 3.18. The van der Waals surface area contributed by atoms with Crippen molar-refractivity contribution in [1.82, 2.24) is 24.9 Å². The molecule has 0 unspecified atom stereocenters. The molecule has 0 aliphatic heterocycles. The lowest BCUT2D eigenvalue weighted by Gasteiger charge is -2.01. The van der Waals surface area contributed by atoms with E-state index in [1.807, 2.05) is 20.0 Å². The fraction of sp³-hybridized carbons (Fsp3) is 0.333. The fourth-order valence-corrected chi connectivity index (χ4v) is 1.95. The van der Waals surface area contributed by atoms with Crippen LogP contribution in [0.25, 0.3) is 6.08 Å². The smallest absolute Gasteiger partial charge is 0.273 e. The minimum atomic E-state index is -0.347. The van der Waals surface area contributed by atoms with Gasteiger partial charge >= 0.3 is 0 Å². The van der Waals surface area contributed by atoms with E-state index >= 15 is 0 Å². The first-order valence-electron chi connectivity index (χ1n) is 7.38. The van der Waals surface area contributed by atoms with Crippen LogP contribution in [0.4, 0.5) is 5.69 Å². The van der Waals surface area contributed by atoms with Gasteiger partial charge in [0.2, 0.25) is 5.91 Å². The molecule has 122 valence electrons. The molecule has 2 aromatic rings. The van der Waals surface area contributed by atoms with E-state index in [2.05, 4.69) is 20.8 Å². The van der Waals surface area contributed by atoms with E-state index in [-0.39, 0.29) is 17.5 Å². The summed E-state index contributed by atoms with van der Waals surface area (Å²) in [6, 6.07) is 0. The normalized spacial score (nSPS) is 10.9. The Kier molecular flexibility index (Phi) is 5.29. The van der Waals surface area contributed by atoms with Gasteiger partial charge in [0.25, 0.3) is 5.91 Å². The maximum atomic E-state index is 12.0. The number of hydrogen-bond donors (Lipinski definition) is 2. The molecule has 0 spiro atoms. The minimum absolute atomic E-state index is 0.190. The van der Waals surface area contributed by atoms with Gasteiger partial charge in [0.05, 0.1) is 11.9 Å². The van der Waals surface area contributed by atoms with Crippen molar-refractivity contribution in [2.24, 2.45) is 0 Å². The number of aromatic nitrogens is 4. The van der Waals surface area contributed by atoms with E-state index in [4.69, 9.17) is 0 Å². The molecule has 8 heteroatoms. The second-order valence-corrected chi connectivity index (χ2v) is 4.78. The number of carbonyl (C=O) groups is 2.